The van der Waals surface area contributed by atoms with Crippen molar-refractivity contribution < 1.29 is 52.6 Å². The Morgan fingerprint density at radius 3 is 2.27 bits per heavy atom. The molecule has 13 heteroatoms. The molecule has 2 aromatic rings. The van der Waals surface area contributed by atoms with E-state index in [1.165, 1.54) is 11.8 Å². The fourth-order valence-corrected chi connectivity index (χ4v) is 6.24. The average Bonchev–Trinajstić information content (AvgIpc) is 3.13. The van der Waals surface area contributed by atoms with E-state index in [9.17, 15) is 14.7 Å². The van der Waals surface area contributed by atoms with E-state index in [2.05, 4.69) is 11.0 Å². The van der Waals surface area contributed by atoms with Gasteiger partial charge in [0.25, 0.3) is 0 Å². The average molecular weight is 731 g/mol. The first-order valence-electron chi connectivity index (χ1n) is 18.4. The number of unbranched alkanes of at least 4 members (excludes halogenated alkanes) is 1. The van der Waals surface area contributed by atoms with Crippen LogP contribution in [0, 0.1) is 5.92 Å². The molecule has 1 N–H and O–H groups in total. The van der Waals surface area contributed by atoms with Gasteiger partial charge >= 0.3 is 12.1 Å². The van der Waals surface area contributed by atoms with Crippen molar-refractivity contribution in [3.63, 3.8) is 0 Å². The van der Waals surface area contributed by atoms with Gasteiger partial charge in [-0.3, -0.25) is 4.79 Å². The third kappa shape index (κ3) is 12.5. The molecule has 2 aliphatic heterocycles. The number of methoxy groups -OCH3 is 2. The summed E-state index contributed by atoms with van der Waals surface area (Å²) in [5.41, 5.74) is 2.91. The maximum atomic E-state index is 13.5. The number of benzene rings is 2. The summed E-state index contributed by atoms with van der Waals surface area (Å²) in [5, 5.41) is 10.2. The first-order chi connectivity index (χ1) is 25.1. The van der Waals surface area contributed by atoms with Gasteiger partial charge in [-0.15, -0.1) is 0 Å². The van der Waals surface area contributed by atoms with Crippen molar-refractivity contribution >= 4 is 17.7 Å². The smallest absolute Gasteiger partial charge is 0.413 e. The van der Waals surface area contributed by atoms with Crippen molar-refractivity contribution in [1.29, 1.82) is 0 Å². The van der Waals surface area contributed by atoms with Crippen molar-refractivity contribution in [3.8, 4) is 11.5 Å². The molecule has 13 nitrogen and oxygen atoms in total. The van der Waals surface area contributed by atoms with E-state index < -0.39 is 36.7 Å². The number of aliphatic hydroxyl groups excluding tert-OH is 1. The zero-order valence-electron chi connectivity index (χ0n) is 31.6. The number of rotatable bonds is 20. The molecule has 5 atom stereocenters. The quantitative estimate of drug-likeness (QED) is 0.110. The summed E-state index contributed by atoms with van der Waals surface area (Å²) < 4.78 is 46.2. The molecule has 4 rings (SSSR count). The van der Waals surface area contributed by atoms with Gasteiger partial charge in [-0.05, 0) is 61.6 Å². The Hall–Kier alpha value is -3.62. The van der Waals surface area contributed by atoms with E-state index in [1.54, 1.807) is 35.0 Å². The van der Waals surface area contributed by atoms with Gasteiger partial charge in [0.05, 0.1) is 69.4 Å². The molecule has 0 spiro atoms. The van der Waals surface area contributed by atoms with Gasteiger partial charge in [-0.2, -0.15) is 0 Å². The van der Waals surface area contributed by atoms with Gasteiger partial charge in [-0.25, -0.2) is 4.79 Å². The highest BCUT2D eigenvalue weighted by Crippen LogP contribution is 2.36. The molecule has 0 radical (unpaired) electrons. The SMILES string of the molecule is COCCCCOc1ccc([C@@H]2[C@@H](OCc3ccc4c(c3)N(CCCOC)CCO4)CN(C(=O)OC(C)OC(=O)C(C)C)C[C@H]2OC[C@@H](C)O)cc1. The number of carbonyl (C=O) groups is 2. The minimum atomic E-state index is -1.08. The largest absolute Gasteiger partial charge is 0.494 e. The van der Waals surface area contributed by atoms with Crippen LogP contribution in [0.25, 0.3) is 0 Å². The normalized spacial score (nSPS) is 19.8. The minimum absolute atomic E-state index is 0.0611. The lowest BCUT2D eigenvalue weighted by Crippen LogP contribution is -2.55. The lowest BCUT2D eigenvalue weighted by Gasteiger charge is -2.43. The maximum absolute atomic E-state index is 13.5. The molecule has 0 bridgehead atoms. The fourth-order valence-electron chi connectivity index (χ4n) is 6.24. The van der Waals surface area contributed by atoms with Crippen molar-refractivity contribution in [2.24, 2.45) is 5.92 Å². The summed E-state index contributed by atoms with van der Waals surface area (Å²) in [4.78, 5) is 29.5. The molecule has 1 unspecified atom stereocenters. The maximum Gasteiger partial charge on any atom is 0.413 e. The highest BCUT2D eigenvalue weighted by atomic mass is 16.7. The van der Waals surface area contributed by atoms with Crippen LogP contribution >= 0.6 is 0 Å². The zero-order chi connectivity index (χ0) is 37.5. The number of likely N-dealkylation sites (tertiary alicyclic amines) is 1. The Bertz CT molecular complexity index is 1370. The lowest BCUT2D eigenvalue weighted by atomic mass is 9.84. The second-order valence-electron chi connectivity index (χ2n) is 13.6. The van der Waals surface area contributed by atoms with Crippen molar-refractivity contribution in [3.05, 3.63) is 53.6 Å². The molecule has 0 saturated carbocycles. The molecular formula is C39H58N2O11. The monoisotopic (exact) mass is 730 g/mol. The predicted octanol–water partition coefficient (Wildman–Crippen LogP) is 5.16. The molecule has 52 heavy (non-hydrogen) atoms. The number of aliphatic hydroxyl groups is 1. The summed E-state index contributed by atoms with van der Waals surface area (Å²) in [5.74, 6) is 0.441. The number of anilines is 1. The number of amides is 1. The Balaban J connectivity index is 1.57. The summed E-state index contributed by atoms with van der Waals surface area (Å²) in [7, 11) is 3.40. The van der Waals surface area contributed by atoms with E-state index >= 15 is 0 Å². The molecule has 290 valence electrons. The van der Waals surface area contributed by atoms with Gasteiger partial charge in [0.1, 0.15) is 18.1 Å². The molecule has 1 amide bonds. The molecule has 2 aliphatic rings. The van der Waals surface area contributed by atoms with Crippen LogP contribution < -0.4 is 14.4 Å². The number of nitrogens with zero attached hydrogens (tertiary/aromatic N) is 2. The van der Waals surface area contributed by atoms with Crippen LogP contribution in [0.5, 0.6) is 11.5 Å². The number of fused-ring (bicyclic) bond motifs is 1. The second kappa shape index (κ2) is 21.2. The standard InChI is InChI=1S/C39H58N2O11/c1-27(2)38(43)51-29(4)52-39(44)41-23-35(49-25-28(3)42)37(31-11-13-32(14-12-31)47-20-8-7-18-45-5)36(24-41)50-26-30-10-15-34-33(22-30)40(17-21-48-34)16-9-19-46-6/h10-15,22,27-29,35-37,42H,7-9,16-21,23-26H2,1-6H3/t28-,29?,35-,36+,37+/m1/s1. The highest BCUT2D eigenvalue weighted by molar-refractivity contribution is 5.72. The molecule has 0 aliphatic carbocycles. The topological polar surface area (TPSA) is 135 Å². The van der Waals surface area contributed by atoms with Crippen LogP contribution in [-0.2, 0) is 39.8 Å². The van der Waals surface area contributed by atoms with Gasteiger partial charge in [-0.1, -0.05) is 32.0 Å². The number of ether oxygens (including phenoxy) is 8. The van der Waals surface area contributed by atoms with E-state index in [-0.39, 0.29) is 38.1 Å². The Labute approximate surface area is 308 Å². The molecular weight excluding hydrogens is 672 g/mol. The van der Waals surface area contributed by atoms with Crippen LogP contribution in [0.4, 0.5) is 10.5 Å². The summed E-state index contributed by atoms with van der Waals surface area (Å²) >= 11 is 0. The summed E-state index contributed by atoms with van der Waals surface area (Å²) in [6.07, 6.45) is -0.852. The minimum Gasteiger partial charge on any atom is -0.494 e. The van der Waals surface area contributed by atoms with E-state index in [0.717, 1.165) is 60.7 Å². The highest BCUT2D eigenvalue weighted by Gasteiger charge is 2.42. The Kier molecular flexibility index (Phi) is 16.8. The van der Waals surface area contributed by atoms with E-state index in [0.29, 0.717) is 26.4 Å². The first-order valence-corrected chi connectivity index (χ1v) is 18.4. The number of hydrogen-bond donors (Lipinski definition) is 1. The Morgan fingerprint density at radius 1 is 0.885 bits per heavy atom. The third-order valence-electron chi connectivity index (χ3n) is 8.93. The Morgan fingerprint density at radius 2 is 1.58 bits per heavy atom. The van der Waals surface area contributed by atoms with Gasteiger partial charge in [0.2, 0.25) is 6.29 Å². The third-order valence-corrected chi connectivity index (χ3v) is 8.93. The number of carbonyl (C=O) groups excluding carboxylic acids is 2. The van der Waals surface area contributed by atoms with Crippen LogP contribution in [0.1, 0.15) is 64.0 Å². The first kappa shape index (κ1) is 41.1. The van der Waals surface area contributed by atoms with Gasteiger partial charge < -0.3 is 52.8 Å². The molecule has 0 aromatic heterocycles. The molecule has 1 fully saturated rings. The summed E-state index contributed by atoms with van der Waals surface area (Å²) in [6, 6.07) is 13.9. The molecule has 1 saturated heterocycles. The molecule has 2 heterocycles. The van der Waals surface area contributed by atoms with Crippen LogP contribution in [0.2, 0.25) is 0 Å². The van der Waals surface area contributed by atoms with Crippen LogP contribution in [0.3, 0.4) is 0 Å². The lowest BCUT2D eigenvalue weighted by molar-refractivity contribution is -0.171. The van der Waals surface area contributed by atoms with Gasteiger partial charge in [0.15, 0.2) is 0 Å². The van der Waals surface area contributed by atoms with Crippen LogP contribution in [0.15, 0.2) is 42.5 Å². The number of piperidine rings is 1. The van der Waals surface area contributed by atoms with E-state index in [1.807, 2.05) is 36.4 Å². The number of hydrogen-bond acceptors (Lipinski definition) is 12. The summed E-state index contributed by atoms with van der Waals surface area (Å²) in [6.45, 7) is 11.5. The van der Waals surface area contributed by atoms with Crippen molar-refractivity contribution in [2.45, 2.75) is 84.1 Å². The second-order valence-corrected chi connectivity index (χ2v) is 13.6. The fraction of sp³-hybridized carbons (Fsp3) is 0.641. The van der Waals surface area contributed by atoms with Crippen molar-refractivity contribution in [2.75, 3.05) is 78.3 Å². The predicted molar refractivity (Wildman–Crippen MR) is 195 cm³/mol. The van der Waals surface area contributed by atoms with Crippen LogP contribution in [-0.4, -0.2) is 120 Å². The van der Waals surface area contributed by atoms with Crippen molar-refractivity contribution in [1.82, 2.24) is 4.90 Å². The van der Waals surface area contributed by atoms with E-state index in [4.69, 9.17) is 37.9 Å². The van der Waals surface area contributed by atoms with Gasteiger partial charge in [0, 0.05) is 46.8 Å². The zero-order valence-corrected chi connectivity index (χ0v) is 31.6. The number of esters is 1. The molecule has 2 aromatic carbocycles.